The summed E-state index contributed by atoms with van der Waals surface area (Å²) in [5.41, 5.74) is 4.13. The number of hydrogen-bond acceptors (Lipinski definition) is 4. The van der Waals surface area contributed by atoms with Crippen LogP contribution in [0.4, 0.5) is 5.69 Å². The average molecular weight is 413 g/mol. The minimum Gasteiger partial charge on any atom is -0.340 e. The van der Waals surface area contributed by atoms with Crippen LogP contribution in [0.2, 0.25) is 0 Å². The van der Waals surface area contributed by atoms with Crippen molar-refractivity contribution in [2.75, 3.05) is 17.5 Å². The molecular formula is C21H24N4O3S. The molecule has 1 aliphatic rings. The number of aromatic amines is 1. The first-order valence-electron chi connectivity index (χ1n) is 9.61. The molecule has 2 heterocycles. The highest BCUT2D eigenvalue weighted by atomic mass is 32.2. The first-order valence-corrected chi connectivity index (χ1v) is 11.5. The van der Waals surface area contributed by atoms with Crippen molar-refractivity contribution >= 4 is 32.7 Å². The van der Waals surface area contributed by atoms with E-state index >= 15 is 0 Å². The first kappa shape index (κ1) is 19.4. The third-order valence-electron chi connectivity index (χ3n) is 5.20. The topological polar surface area (TPSA) is 95.2 Å². The number of amides is 1. The summed E-state index contributed by atoms with van der Waals surface area (Å²) >= 11 is 0. The van der Waals surface area contributed by atoms with E-state index in [1.807, 2.05) is 24.0 Å². The number of hydrogen-bond donors (Lipinski definition) is 2. The zero-order valence-electron chi connectivity index (χ0n) is 16.5. The summed E-state index contributed by atoms with van der Waals surface area (Å²) in [4.78, 5) is 23.0. The molecule has 7 nitrogen and oxygen atoms in total. The van der Waals surface area contributed by atoms with E-state index in [9.17, 15) is 13.2 Å². The van der Waals surface area contributed by atoms with Gasteiger partial charge in [-0.3, -0.25) is 9.52 Å². The van der Waals surface area contributed by atoms with E-state index in [-0.39, 0.29) is 18.4 Å². The van der Waals surface area contributed by atoms with Crippen molar-refractivity contribution in [3.05, 3.63) is 59.4 Å². The molecule has 3 aromatic rings. The van der Waals surface area contributed by atoms with Crippen LogP contribution in [-0.2, 0) is 21.2 Å². The van der Waals surface area contributed by atoms with Gasteiger partial charge in [-0.1, -0.05) is 24.3 Å². The number of nitrogens with zero attached hydrogens (tertiary/aromatic N) is 2. The number of rotatable bonds is 5. The summed E-state index contributed by atoms with van der Waals surface area (Å²) in [7, 11) is -3.42. The van der Waals surface area contributed by atoms with E-state index in [4.69, 9.17) is 4.98 Å². The Kier molecular flexibility index (Phi) is 5.04. The second-order valence-corrected chi connectivity index (χ2v) is 9.34. The molecule has 8 heteroatoms. The standard InChI is InChI=1S/C21H24N4O3S/c1-14-9-10-17-18(12-14)23-21(22-17)19-8-5-11-25(19)20(26)13-15-6-3-4-7-16(15)24-29(2,27)28/h3-4,6-7,9-10,12,19,24H,5,8,11,13H2,1-2H3,(H,22,23). The van der Waals surface area contributed by atoms with E-state index in [1.165, 1.54) is 0 Å². The van der Waals surface area contributed by atoms with Crippen LogP contribution in [0.1, 0.15) is 35.8 Å². The van der Waals surface area contributed by atoms with Gasteiger partial charge in [0, 0.05) is 6.54 Å². The maximum Gasteiger partial charge on any atom is 0.229 e. The zero-order chi connectivity index (χ0) is 20.6. The number of para-hydroxylation sites is 1. The van der Waals surface area contributed by atoms with Gasteiger partial charge in [-0.2, -0.15) is 0 Å². The van der Waals surface area contributed by atoms with Crippen LogP contribution < -0.4 is 4.72 Å². The van der Waals surface area contributed by atoms with Gasteiger partial charge in [0.25, 0.3) is 0 Å². The van der Waals surface area contributed by atoms with Gasteiger partial charge in [0.05, 0.1) is 35.4 Å². The predicted octanol–water partition coefficient (Wildman–Crippen LogP) is 3.15. The van der Waals surface area contributed by atoms with Gasteiger partial charge < -0.3 is 9.88 Å². The molecular weight excluding hydrogens is 388 g/mol. The molecule has 1 unspecified atom stereocenters. The number of carbonyl (C=O) groups excluding carboxylic acids is 1. The van der Waals surface area contributed by atoms with Crippen molar-refractivity contribution in [3.63, 3.8) is 0 Å². The summed E-state index contributed by atoms with van der Waals surface area (Å²) in [6, 6.07) is 13.0. The van der Waals surface area contributed by atoms with Crippen LogP contribution in [0, 0.1) is 6.92 Å². The normalized spacial score (nSPS) is 17.0. The van der Waals surface area contributed by atoms with Gasteiger partial charge in [-0.15, -0.1) is 0 Å². The molecule has 1 fully saturated rings. The number of sulfonamides is 1. The smallest absolute Gasteiger partial charge is 0.229 e. The van der Waals surface area contributed by atoms with Gasteiger partial charge in [0.15, 0.2) is 0 Å². The molecule has 1 aromatic heterocycles. The van der Waals surface area contributed by atoms with E-state index in [0.717, 1.165) is 41.5 Å². The monoisotopic (exact) mass is 412 g/mol. The molecule has 152 valence electrons. The molecule has 2 aromatic carbocycles. The minimum atomic E-state index is -3.42. The van der Waals surface area contributed by atoms with Crippen LogP contribution >= 0.6 is 0 Å². The van der Waals surface area contributed by atoms with Gasteiger partial charge in [-0.05, 0) is 49.1 Å². The maximum absolute atomic E-state index is 13.1. The lowest BCUT2D eigenvalue weighted by molar-refractivity contribution is -0.131. The van der Waals surface area contributed by atoms with Crippen LogP contribution in [0.3, 0.4) is 0 Å². The molecule has 1 amide bonds. The number of anilines is 1. The van der Waals surface area contributed by atoms with E-state index < -0.39 is 10.0 Å². The molecule has 29 heavy (non-hydrogen) atoms. The summed E-state index contributed by atoms with van der Waals surface area (Å²) < 4.78 is 25.7. The minimum absolute atomic E-state index is 0.0353. The second kappa shape index (κ2) is 7.51. The van der Waals surface area contributed by atoms with Gasteiger partial charge in [-0.25, -0.2) is 13.4 Å². The Morgan fingerprint density at radius 3 is 2.86 bits per heavy atom. The third-order valence-corrected chi connectivity index (χ3v) is 5.79. The van der Waals surface area contributed by atoms with Crippen molar-refractivity contribution in [1.82, 2.24) is 14.9 Å². The number of H-pyrrole nitrogens is 1. The van der Waals surface area contributed by atoms with Gasteiger partial charge >= 0.3 is 0 Å². The Balaban J connectivity index is 1.57. The molecule has 2 N–H and O–H groups in total. The van der Waals surface area contributed by atoms with Crippen LogP contribution in [-0.4, -0.2) is 42.0 Å². The molecule has 0 radical (unpaired) electrons. The summed E-state index contributed by atoms with van der Waals surface area (Å²) in [6.07, 6.45) is 3.00. The Morgan fingerprint density at radius 2 is 2.07 bits per heavy atom. The molecule has 0 bridgehead atoms. The molecule has 0 aliphatic carbocycles. The SMILES string of the molecule is Cc1ccc2nc(C3CCCN3C(=O)Cc3ccccc3NS(C)(=O)=O)[nH]c2c1. The highest BCUT2D eigenvalue weighted by molar-refractivity contribution is 7.92. The average Bonchev–Trinajstić information content (AvgIpc) is 3.28. The Labute approximate surface area is 170 Å². The number of fused-ring (bicyclic) bond motifs is 1. The lowest BCUT2D eigenvalue weighted by Gasteiger charge is -2.24. The Morgan fingerprint density at radius 1 is 1.28 bits per heavy atom. The highest BCUT2D eigenvalue weighted by Gasteiger charge is 2.32. The van der Waals surface area contributed by atoms with E-state index in [1.54, 1.807) is 24.3 Å². The van der Waals surface area contributed by atoms with Crippen molar-refractivity contribution in [1.29, 1.82) is 0 Å². The largest absolute Gasteiger partial charge is 0.340 e. The second-order valence-electron chi connectivity index (χ2n) is 7.60. The van der Waals surface area contributed by atoms with Crippen molar-refractivity contribution in [2.24, 2.45) is 0 Å². The quantitative estimate of drug-likeness (QED) is 0.673. The number of nitrogens with one attached hydrogen (secondary N) is 2. The Bertz CT molecular complexity index is 1170. The molecule has 1 atom stereocenters. The number of imidazole rings is 1. The molecule has 1 saturated heterocycles. The fraction of sp³-hybridized carbons (Fsp3) is 0.333. The maximum atomic E-state index is 13.1. The number of aromatic nitrogens is 2. The highest BCUT2D eigenvalue weighted by Crippen LogP contribution is 2.32. The van der Waals surface area contributed by atoms with Crippen molar-refractivity contribution in [3.8, 4) is 0 Å². The predicted molar refractivity (Wildman–Crippen MR) is 113 cm³/mol. The van der Waals surface area contributed by atoms with E-state index in [2.05, 4.69) is 15.8 Å². The summed E-state index contributed by atoms with van der Waals surface area (Å²) in [5, 5.41) is 0. The fourth-order valence-corrected chi connectivity index (χ4v) is 4.49. The Hall–Kier alpha value is -2.87. The summed E-state index contributed by atoms with van der Waals surface area (Å²) in [6.45, 7) is 2.70. The van der Waals surface area contributed by atoms with Crippen molar-refractivity contribution < 1.29 is 13.2 Å². The number of aryl methyl sites for hydroxylation is 1. The van der Waals surface area contributed by atoms with E-state index in [0.29, 0.717) is 17.8 Å². The molecule has 0 spiro atoms. The third kappa shape index (κ3) is 4.27. The van der Waals surface area contributed by atoms with Gasteiger partial charge in [0.2, 0.25) is 15.9 Å². The lowest BCUT2D eigenvalue weighted by Crippen LogP contribution is -2.32. The fourth-order valence-electron chi connectivity index (χ4n) is 3.89. The summed E-state index contributed by atoms with van der Waals surface area (Å²) in [5.74, 6) is 0.769. The lowest BCUT2D eigenvalue weighted by atomic mass is 10.1. The number of likely N-dealkylation sites (tertiary alicyclic amines) is 1. The number of carbonyl (C=O) groups is 1. The van der Waals surface area contributed by atoms with Crippen LogP contribution in [0.5, 0.6) is 0 Å². The van der Waals surface area contributed by atoms with Gasteiger partial charge in [0.1, 0.15) is 5.82 Å². The molecule has 4 rings (SSSR count). The zero-order valence-corrected chi connectivity index (χ0v) is 17.3. The molecule has 0 saturated carbocycles. The number of benzene rings is 2. The van der Waals surface area contributed by atoms with Crippen LogP contribution in [0.15, 0.2) is 42.5 Å². The van der Waals surface area contributed by atoms with Crippen LogP contribution in [0.25, 0.3) is 11.0 Å². The molecule has 1 aliphatic heterocycles. The van der Waals surface area contributed by atoms with Crippen molar-refractivity contribution in [2.45, 2.75) is 32.2 Å². The first-order chi connectivity index (χ1) is 13.8.